The fourth-order valence-corrected chi connectivity index (χ4v) is 2.68. The minimum Gasteiger partial charge on any atom is -0.495 e. The van der Waals surface area contributed by atoms with E-state index in [-0.39, 0.29) is 12.3 Å². The summed E-state index contributed by atoms with van der Waals surface area (Å²) in [5, 5.41) is 7.11. The van der Waals surface area contributed by atoms with Crippen LogP contribution in [0.4, 0.5) is 5.69 Å². The van der Waals surface area contributed by atoms with E-state index >= 15 is 0 Å². The molecule has 3 rings (SSSR count). The zero-order valence-electron chi connectivity index (χ0n) is 14.9. The molecule has 0 aliphatic rings. The third kappa shape index (κ3) is 4.57. The van der Waals surface area contributed by atoms with Gasteiger partial charge in [-0.25, -0.2) is 0 Å². The number of benzene rings is 2. The van der Waals surface area contributed by atoms with E-state index in [0.29, 0.717) is 40.3 Å². The second-order valence-electron chi connectivity index (χ2n) is 5.61. The first-order valence-corrected chi connectivity index (χ1v) is 8.58. The van der Waals surface area contributed by atoms with E-state index in [9.17, 15) is 4.79 Å². The summed E-state index contributed by atoms with van der Waals surface area (Å²) in [6.45, 7) is 0. The topological polar surface area (TPSA) is 86.5 Å². The Morgan fingerprint density at radius 2 is 1.89 bits per heavy atom. The van der Waals surface area contributed by atoms with Crippen molar-refractivity contribution in [2.45, 2.75) is 12.8 Å². The van der Waals surface area contributed by atoms with E-state index in [2.05, 4.69) is 15.5 Å². The number of halogens is 1. The van der Waals surface area contributed by atoms with Gasteiger partial charge in [-0.3, -0.25) is 4.79 Å². The van der Waals surface area contributed by atoms with Crippen molar-refractivity contribution in [3.05, 3.63) is 53.4 Å². The lowest BCUT2D eigenvalue weighted by atomic mass is 10.2. The molecule has 1 aromatic heterocycles. The number of hydrogen-bond acceptors (Lipinski definition) is 6. The average Bonchev–Trinajstić information content (AvgIpc) is 3.17. The molecular formula is C19H18ClN3O4. The molecule has 0 saturated carbocycles. The molecule has 0 aliphatic carbocycles. The number of aryl methyl sites for hydroxylation is 1. The Kier molecular flexibility index (Phi) is 5.93. The SMILES string of the molecule is COc1cc(NC(=O)CCc2nc(-c3ccccc3)no2)c(OC)cc1Cl. The highest BCUT2D eigenvalue weighted by atomic mass is 35.5. The monoisotopic (exact) mass is 387 g/mol. The zero-order valence-corrected chi connectivity index (χ0v) is 15.6. The van der Waals surface area contributed by atoms with Crippen molar-refractivity contribution in [2.75, 3.05) is 19.5 Å². The van der Waals surface area contributed by atoms with E-state index in [1.807, 2.05) is 30.3 Å². The maximum Gasteiger partial charge on any atom is 0.227 e. The summed E-state index contributed by atoms with van der Waals surface area (Å²) >= 11 is 6.07. The molecule has 0 atom stereocenters. The van der Waals surface area contributed by atoms with E-state index < -0.39 is 0 Å². The van der Waals surface area contributed by atoms with Crippen LogP contribution in [0.2, 0.25) is 5.02 Å². The van der Waals surface area contributed by atoms with Crippen molar-refractivity contribution >= 4 is 23.2 Å². The number of nitrogens with zero attached hydrogens (tertiary/aromatic N) is 2. The largest absolute Gasteiger partial charge is 0.495 e. The van der Waals surface area contributed by atoms with Crippen LogP contribution in [0.3, 0.4) is 0 Å². The number of methoxy groups -OCH3 is 2. The van der Waals surface area contributed by atoms with Gasteiger partial charge in [0.25, 0.3) is 0 Å². The van der Waals surface area contributed by atoms with Gasteiger partial charge in [-0.1, -0.05) is 47.1 Å². The van der Waals surface area contributed by atoms with E-state index in [1.54, 1.807) is 12.1 Å². The lowest BCUT2D eigenvalue weighted by Crippen LogP contribution is -2.13. The molecule has 8 heteroatoms. The standard InChI is InChI=1S/C19H18ClN3O4/c1-25-15-11-14(16(26-2)10-13(15)20)21-17(24)8-9-18-22-19(23-27-18)12-6-4-3-5-7-12/h3-7,10-11H,8-9H2,1-2H3,(H,21,24). The number of hydrogen-bond donors (Lipinski definition) is 1. The number of aromatic nitrogens is 2. The van der Waals surface area contributed by atoms with Crippen LogP contribution in [0, 0.1) is 0 Å². The lowest BCUT2D eigenvalue weighted by molar-refractivity contribution is -0.116. The number of carbonyl (C=O) groups excluding carboxylic acids is 1. The van der Waals surface area contributed by atoms with E-state index in [4.69, 9.17) is 25.6 Å². The van der Waals surface area contributed by atoms with Crippen molar-refractivity contribution in [3.8, 4) is 22.9 Å². The first-order valence-electron chi connectivity index (χ1n) is 8.20. The number of carbonyl (C=O) groups is 1. The third-order valence-electron chi connectivity index (χ3n) is 3.81. The van der Waals surface area contributed by atoms with Crippen LogP contribution in [-0.2, 0) is 11.2 Å². The number of rotatable bonds is 7. The molecule has 0 aliphatic heterocycles. The van der Waals surface area contributed by atoms with Crippen molar-refractivity contribution < 1.29 is 18.8 Å². The van der Waals surface area contributed by atoms with Crippen LogP contribution < -0.4 is 14.8 Å². The summed E-state index contributed by atoms with van der Waals surface area (Å²) in [5.41, 5.74) is 1.33. The molecule has 0 bridgehead atoms. The minimum atomic E-state index is -0.225. The Morgan fingerprint density at radius 3 is 2.59 bits per heavy atom. The molecular weight excluding hydrogens is 370 g/mol. The summed E-state index contributed by atoms with van der Waals surface area (Å²) in [6.07, 6.45) is 0.489. The number of anilines is 1. The van der Waals surface area contributed by atoms with Crippen molar-refractivity contribution in [1.29, 1.82) is 0 Å². The summed E-state index contributed by atoms with van der Waals surface area (Å²) in [4.78, 5) is 16.6. The third-order valence-corrected chi connectivity index (χ3v) is 4.11. The van der Waals surface area contributed by atoms with Gasteiger partial charge in [-0.2, -0.15) is 4.98 Å². The van der Waals surface area contributed by atoms with Gasteiger partial charge >= 0.3 is 0 Å². The molecule has 1 N–H and O–H groups in total. The van der Waals surface area contributed by atoms with Crippen molar-refractivity contribution in [1.82, 2.24) is 10.1 Å². The Labute approximate surface area is 161 Å². The molecule has 0 unspecified atom stereocenters. The van der Waals surface area contributed by atoms with Gasteiger partial charge in [0.2, 0.25) is 17.6 Å². The minimum absolute atomic E-state index is 0.171. The molecule has 0 spiro atoms. The maximum absolute atomic E-state index is 12.3. The molecule has 3 aromatic rings. The molecule has 2 aromatic carbocycles. The fraction of sp³-hybridized carbons (Fsp3) is 0.211. The average molecular weight is 388 g/mol. The number of amides is 1. The molecule has 27 heavy (non-hydrogen) atoms. The Hall–Kier alpha value is -3.06. The molecule has 7 nitrogen and oxygen atoms in total. The van der Waals surface area contributed by atoms with Crippen LogP contribution >= 0.6 is 11.6 Å². The molecule has 0 saturated heterocycles. The summed E-state index contributed by atoms with van der Waals surface area (Å²) in [6, 6.07) is 12.7. The number of ether oxygens (including phenoxy) is 2. The molecule has 140 valence electrons. The molecule has 0 fully saturated rings. The van der Waals surface area contributed by atoms with Crippen LogP contribution in [-0.4, -0.2) is 30.3 Å². The second kappa shape index (κ2) is 8.55. The molecule has 1 heterocycles. The smallest absolute Gasteiger partial charge is 0.227 e. The second-order valence-corrected chi connectivity index (χ2v) is 6.02. The summed E-state index contributed by atoms with van der Waals surface area (Å²) in [7, 11) is 3.00. The van der Waals surface area contributed by atoms with Gasteiger partial charge in [0.15, 0.2) is 0 Å². The predicted octanol–water partition coefficient (Wildman–Crippen LogP) is 3.98. The molecule has 0 radical (unpaired) electrons. The summed E-state index contributed by atoms with van der Waals surface area (Å²) < 4.78 is 15.6. The quantitative estimate of drug-likeness (QED) is 0.659. The van der Waals surface area contributed by atoms with Crippen molar-refractivity contribution in [2.24, 2.45) is 0 Å². The Bertz CT molecular complexity index is 928. The van der Waals surface area contributed by atoms with Gasteiger partial charge in [0.05, 0.1) is 24.9 Å². The van der Waals surface area contributed by atoms with Crippen LogP contribution in [0.15, 0.2) is 47.0 Å². The van der Waals surface area contributed by atoms with E-state index in [1.165, 1.54) is 14.2 Å². The Balaban J connectivity index is 1.63. The lowest BCUT2D eigenvalue weighted by Gasteiger charge is -2.12. The first-order chi connectivity index (χ1) is 13.1. The maximum atomic E-state index is 12.3. The highest BCUT2D eigenvalue weighted by Crippen LogP contribution is 2.35. The predicted molar refractivity (Wildman–Crippen MR) is 101 cm³/mol. The number of nitrogens with one attached hydrogen (secondary N) is 1. The van der Waals surface area contributed by atoms with Crippen LogP contribution in [0.25, 0.3) is 11.4 Å². The normalized spacial score (nSPS) is 10.5. The van der Waals surface area contributed by atoms with Gasteiger partial charge < -0.3 is 19.3 Å². The Morgan fingerprint density at radius 1 is 1.15 bits per heavy atom. The highest BCUT2D eigenvalue weighted by molar-refractivity contribution is 6.32. The van der Waals surface area contributed by atoms with Gasteiger partial charge in [-0.05, 0) is 0 Å². The van der Waals surface area contributed by atoms with Gasteiger partial charge in [0, 0.05) is 30.5 Å². The zero-order chi connectivity index (χ0) is 19.2. The van der Waals surface area contributed by atoms with Crippen LogP contribution in [0.1, 0.15) is 12.3 Å². The highest BCUT2D eigenvalue weighted by Gasteiger charge is 2.14. The first kappa shape index (κ1) is 18.7. The summed E-state index contributed by atoms with van der Waals surface area (Å²) in [5.74, 6) is 1.55. The van der Waals surface area contributed by atoms with Gasteiger partial charge in [0.1, 0.15) is 11.5 Å². The molecule has 1 amide bonds. The van der Waals surface area contributed by atoms with Crippen molar-refractivity contribution in [3.63, 3.8) is 0 Å². The van der Waals surface area contributed by atoms with Crippen LogP contribution in [0.5, 0.6) is 11.5 Å². The fourth-order valence-electron chi connectivity index (χ4n) is 2.45. The van der Waals surface area contributed by atoms with Gasteiger partial charge in [-0.15, -0.1) is 0 Å². The van der Waals surface area contributed by atoms with E-state index in [0.717, 1.165) is 5.56 Å².